The second kappa shape index (κ2) is 10.3. The zero-order chi connectivity index (χ0) is 25.3. The first-order valence-electron chi connectivity index (χ1n) is 12.9. The summed E-state index contributed by atoms with van der Waals surface area (Å²) in [6.45, 7) is 8.82. The van der Waals surface area contributed by atoms with E-state index in [1.807, 2.05) is 42.2 Å². The number of pyridine rings is 1. The number of carbonyl (C=O) groups is 1. The summed E-state index contributed by atoms with van der Waals surface area (Å²) in [5, 5.41) is 3.06. The smallest absolute Gasteiger partial charge is 0.321 e. The van der Waals surface area contributed by atoms with Crippen LogP contribution >= 0.6 is 0 Å². The van der Waals surface area contributed by atoms with E-state index in [4.69, 9.17) is 9.72 Å². The van der Waals surface area contributed by atoms with E-state index in [-0.39, 0.29) is 11.8 Å². The highest BCUT2D eigenvalue weighted by Gasteiger charge is 2.31. The van der Waals surface area contributed by atoms with Crippen LogP contribution in [0.5, 0.6) is 0 Å². The van der Waals surface area contributed by atoms with Crippen molar-refractivity contribution < 1.29 is 17.9 Å². The third-order valence-electron chi connectivity index (χ3n) is 7.44. The average Bonchev–Trinajstić information content (AvgIpc) is 3.51. The number of carbonyl (C=O) groups excluding carboxylic acids is 1. The second-order valence-electron chi connectivity index (χ2n) is 9.88. The summed E-state index contributed by atoms with van der Waals surface area (Å²) in [7, 11) is -3.37. The molecule has 4 heterocycles. The van der Waals surface area contributed by atoms with Crippen LogP contribution in [0.4, 0.5) is 22.1 Å². The molecule has 5 rings (SSSR count). The molecule has 2 amide bonds. The minimum atomic E-state index is -3.37. The van der Waals surface area contributed by atoms with Crippen LogP contribution < -0.4 is 14.5 Å². The number of morpholine rings is 1. The van der Waals surface area contributed by atoms with Crippen LogP contribution in [0.1, 0.15) is 31.7 Å². The topological polar surface area (TPSA) is 95.1 Å². The lowest BCUT2D eigenvalue weighted by molar-refractivity contribution is 0.122. The monoisotopic (exact) mass is 513 g/mol. The number of rotatable bonds is 5. The summed E-state index contributed by atoms with van der Waals surface area (Å²) in [6, 6.07) is 9.67. The van der Waals surface area contributed by atoms with Crippen LogP contribution in [0, 0.1) is 12.8 Å². The van der Waals surface area contributed by atoms with E-state index in [2.05, 4.69) is 17.1 Å². The number of nitrogens with one attached hydrogen (secondary N) is 1. The number of urea groups is 1. The van der Waals surface area contributed by atoms with Gasteiger partial charge in [0, 0.05) is 38.4 Å². The van der Waals surface area contributed by atoms with E-state index in [1.165, 1.54) is 4.31 Å². The minimum Gasteiger partial charge on any atom is -0.378 e. The molecule has 0 spiro atoms. The molecule has 3 aliphatic heterocycles. The standard InChI is InChI=1S/C26H35N5O4S/c1-3-20-7-9-30(18-20)26(32)27-22-6-5-19(2)23(17-22)21-15-24(29-10-12-35-13-11-29)28-25(16-21)31-8-4-14-36(31,33)34/h5-6,15-17,20H,3-4,7-14,18H2,1-2H3,(H,27,32)/t20-/m1/s1. The highest BCUT2D eigenvalue weighted by molar-refractivity contribution is 7.93. The number of anilines is 3. The Kier molecular flexibility index (Phi) is 7.07. The molecular formula is C26H35N5O4S. The predicted octanol–water partition coefficient (Wildman–Crippen LogP) is 3.70. The van der Waals surface area contributed by atoms with Gasteiger partial charge in [-0.15, -0.1) is 0 Å². The maximum absolute atomic E-state index is 12.9. The van der Waals surface area contributed by atoms with Crippen molar-refractivity contribution >= 4 is 33.4 Å². The van der Waals surface area contributed by atoms with E-state index < -0.39 is 10.0 Å². The van der Waals surface area contributed by atoms with E-state index in [0.29, 0.717) is 51.0 Å². The van der Waals surface area contributed by atoms with Crippen LogP contribution in [0.3, 0.4) is 0 Å². The van der Waals surface area contributed by atoms with Crippen molar-refractivity contribution in [2.24, 2.45) is 5.92 Å². The number of hydrogen-bond donors (Lipinski definition) is 1. The molecule has 0 bridgehead atoms. The number of aromatic nitrogens is 1. The number of benzene rings is 1. The number of likely N-dealkylation sites (tertiary alicyclic amines) is 1. The summed E-state index contributed by atoms with van der Waals surface area (Å²) in [4.78, 5) is 21.7. The molecule has 0 aliphatic carbocycles. The van der Waals surface area contributed by atoms with Gasteiger partial charge in [-0.1, -0.05) is 19.4 Å². The Labute approximate surface area is 213 Å². The van der Waals surface area contributed by atoms with Gasteiger partial charge in [-0.25, -0.2) is 18.2 Å². The molecule has 1 aromatic heterocycles. The molecule has 3 aliphatic rings. The lowest BCUT2D eigenvalue weighted by Gasteiger charge is -2.29. The van der Waals surface area contributed by atoms with Gasteiger partial charge in [-0.05, 0) is 66.6 Å². The van der Waals surface area contributed by atoms with Gasteiger partial charge in [0.25, 0.3) is 0 Å². The lowest BCUT2D eigenvalue weighted by Crippen LogP contribution is -2.37. The number of aryl methyl sites for hydroxylation is 1. The van der Waals surface area contributed by atoms with Crippen LogP contribution in [0.15, 0.2) is 30.3 Å². The Bertz CT molecular complexity index is 1230. The van der Waals surface area contributed by atoms with Crippen molar-refractivity contribution in [3.05, 3.63) is 35.9 Å². The van der Waals surface area contributed by atoms with Crippen molar-refractivity contribution in [2.75, 3.05) is 66.2 Å². The van der Waals surface area contributed by atoms with Crippen molar-refractivity contribution in [1.82, 2.24) is 9.88 Å². The maximum atomic E-state index is 12.9. The number of nitrogens with zero attached hydrogens (tertiary/aromatic N) is 4. The van der Waals surface area contributed by atoms with Gasteiger partial charge in [-0.2, -0.15) is 0 Å². The van der Waals surface area contributed by atoms with Crippen molar-refractivity contribution in [2.45, 2.75) is 33.1 Å². The minimum absolute atomic E-state index is 0.0756. The summed E-state index contributed by atoms with van der Waals surface area (Å²) in [5.74, 6) is 1.90. The van der Waals surface area contributed by atoms with Crippen molar-refractivity contribution in [3.63, 3.8) is 0 Å². The van der Waals surface area contributed by atoms with E-state index >= 15 is 0 Å². The first-order valence-corrected chi connectivity index (χ1v) is 14.5. The van der Waals surface area contributed by atoms with E-state index in [9.17, 15) is 13.2 Å². The molecule has 0 saturated carbocycles. The van der Waals surface area contributed by atoms with Gasteiger partial charge in [0.2, 0.25) is 10.0 Å². The number of ether oxygens (including phenoxy) is 1. The molecule has 1 atom stereocenters. The Balaban J connectivity index is 1.48. The maximum Gasteiger partial charge on any atom is 0.321 e. The molecular weight excluding hydrogens is 478 g/mol. The molecule has 194 valence electrons. The van der Waals surface area contributed by atoms with Crippen LogP contribution in [0.25, 0.3) is 11.1 Å². The summed E-state index contributed by atoms with van der Waals surface area (Å²) in [6.07, 6.45) is 2.73. The Morgan fingerprint density at radius 3 is 2.58 bits per heavy atom. The molecule has 3 fully saturated rings. The van der Waals surface area contributed by atoms with Crippen LogP contribution in [-0.4, -0.2) is 76.0 Å². The SMILES string of the molecule is CC[C@@H]1CCN(C(=O)Nc2ccc(C)c(-c3cc(N4CCOCC4)nc(N4CCCS4(=O)=O)c3)c2)C1. The third kappa shape index (κ3) is 5.15. The zero-order valence-electron chi connectivity index (χ0n) is 21.1. The fraction of sp³-hybridized carbons (Fsp3) is 0.538. The zero-order valence-corrected chi connectivity index (χ0v) is 21.9. The number of amides is 2. The van der Waals surface area contributed by atoms with E-state index in [0.717, 1.165) is 54.1 Å². The van der Waals surface area contributed by atoms with Crippen molar-refractivity contribution in [1.29, 1.82) is 0 Å². The highest BCUT2D eigenvalue weighted by Crippen LogP contribution is 2.34. The van der Waals surface area contributed by atoms with Crippen LogP contribution in [-0.2, 0) is 14.8 Å². The van der Waals surface area contributed by atoms with Gasteiger partial charge in [0.15, 0.2) is 0 Å². The normalized spacial score (nSPS) is 21.7. The summed E-state index contributed by atoms with van der Waals surface area (Å²) in [5.41, 5.74) is 3.58. The molecule has 0 radical (unpaired) electrons. The van der Waals surface area contributed by atoms with Crippen molar-refractivity contribution in [3.8, 4) is 11.1 Å². The fourth-order valence-corrected chi connectivity index (χ4v) is 6.70. The molecule has 10 heteroatoms. The molecule has 2 aromatic rings. The number of hydrogen-bond acceptors (Lipinski definition) is 6. The molecule has 36 heavy (non-hydrogen) atoms. The highest BCUT2D eigenvalue weighted by atomic mass is 32.2. The first-order chi connectivity index (χ1) is 17.3. The van der Waals surface area contributed by atoms with Gasteiger partial charge in [0.1, 0.15) is 11.6 Å². The van der Waals surface area contributed by atoms with Gasteiger partial charge in [0.05, 0.1) is 19.0 Å². The van der Waals surface area contributed by atoms with E-state index in [1.54, 1.807) is 0 Å². The first kappa shape index (κ1) is 24.8. The molecule has 3 saturated heterocycles. The van der Waals surface area contributed by atoms with Gasteiger partial charge in [-0.3, -0.25) is 4.31 Å². The molecule has 1 N–H and O–H groups in total. The largest absolute Gasteiger partial charge is 0.378 e. The Morgan fingerprint density at radius 1 is 1.11 bits per heavy atom. The van der Waals surface area contributed by atoms with Gasteiger partial charge < -0.3 is 19.9 Å². The quantitative estimate of drug-likeness (QED) is 0.655. The Morgan fingerprint density at radius 2 is 1.89 bits per heavy atom. The summed E-state index contributed by atoms with van der Waals surface area (Å²) < 4.78 is 32.4. The fourth-order valence-electron chi connectivity index (χ4n) is 5.20. The second-order valence-corrected chi connectivity index (χ2v) is 11.9. The third-order valence-corrected chi connectivity index (χ3v) is 9.28. The Hall–Kier alpha value is -2.85. The van der Waals surface area contributed by atoms with Gasteiger partial charge >= 0.3 is 6.03 Å². The lowest BCUT2D eigenvalue weighted by atomic mass is 10.00. The average molecular weight is 514 g/mol. The molecule has 0 unspecified atom stereocenters. The van der Waals surface area contributed by atoms with Crippen LogP contribution in [0.2, 0.25) is 0 Å². The molecule has 1 aromatic carbocycles. The predicted molar refractivity (Wildman–Crippen MR) is 142 cm³/mol. The number of sulfonamides is 1. The summed E-state index contributed by atoms with van der Waals surface area (Å²) >= 11 is 0. The molecule has 9 nitrogen and oxygen atoms in total.